The Hall–Kier alpha value is -3.73. The molecule has 0 spiro atoms. The molecule has 0 aliphatic rings. The van der Waals surface area contributed by atoms with Crippen LogP contribution in [0.3, 0.4) is 0 Å². The quantitative estimate of drug-likeness (QED) is 0.571. The van der Waals surface area contributed by atoms with Crippen LogP contribution in [-0.4, -0.2) is 19.7 Å². The molecule has 0 aliphatic carbocycles. The summed E-state index contributed by atoms with van der Waals surface area (Å²) in [5, 5.41) is 27.2. The van der Waals surface area contributed by atoms with Gasteiger partial charge in [0.05, 0.1) is 4.92 Å². The van der Waals surface area contributed by atoms with E-state index in [1.807, 2.05) is 18.2 Å². The van der Waals surface area contributed by atoms with E-state index in [-0.39, 0.29) is 11.3 Å². The Morgan fingerprint density at radius 3 is 2.88 bits per heavy atom. The van der Waals surface area contributed by atoms with Crippen LogP contribution in [0.25, 0.3) is 5.82 Å². The zero-order valence-electron chi connectivity index (χ0n) is 12.5. The van der Waals surface area contributed by atoms with Crippen LogP contribution >= 0.6 is 0 Å². The van der Waals surface area contributed by atoms with E-state index in [1.165, 1.54) is 12.1 Å². The van der Waals surface area contributed by atoms with Crippen molar-refractivity contribution in [2.24, 2.45) is 0 Å². The minimum Gasteiger partial charge on any atom is -0.381 e. The molecule has 3 rings (SSSR count). The molecule has 2 aromatic heterocycles. The Labute approximate surface area is 137 Å². The summed E-state index contributed by atoms with van der Waals surface area (Å²) < 4.78 is 1.66. The molecule has 0 fully saturated rings. The molecule has 24 heavy (non-hydrogen) atoms. The second-order valence-electron chi connectivity index (χ2n) is 4.89. The van der Waals surface area contributed by atoms with Crippen molar-refractivity contribution in [3.63, 3.8) is 0 Å². The molecule has 8 nitrogen and oxygen atoms in total. The summed E-state index contributed by atoms with van der Waals surface area (Å²) in [5.41, 5.74) is 1.33. The van der Waals surface area contributed by atoms with Crippen LogP contribution in [0.15, 0.2) is 55.0 Å². The highest BCUT2D eigenvalue weighted by molar-refractivity contribution is 5.59. The van der Waals surface area contributed by atoms with Gasteiger partial charge >= 0.3 is 0 Å². The fourth-order valence-corrected chi connectivity index (χ4v) is 2.26. The van der Waals surface area contributed by atoms with Gasteiger partial charge in [0, 0.05) is 42.5 Å². The van der Waals surface area contributed by atoms with Crippen molar-refractivity contribution in [1.29, 1.82) is 5.26 Å². The summed E-state index contributed by atoms with van der Waals surface area (Å²) in [6, 6.07) is 11.7. The molecule has 0 aliphatic heterocycles. The van der Waals surface area contributed by atoms with Crippen LogP contribution in [-0.2, 0) is 6.54 Å². The number of hydrogen-bond donors (Lipinski definition) is 1. The normalized spacial score (nSPS) is 10.1. The third kappa shape index (κ3) is 3.05. The van der Waals surface area contributed by atoms with Crippen LogP contribution < -0.4 is 5.32 Å². The molecule has 3 aromatic rings. The van der Waals surface area contributed by atoms with E-state index in [2.05, 4.69) is 15.4 Å². The summed E-state index contributed by atoms with van der Waals surface area (Å²) in [5.74, 6) is 0.692. The van der Waals surface area contributed by atoms with Crippen molar-refractivity contribution in [2.45, 2.75) is 6.54 Å². The van der Waals surface area contributed by atoms with Gasteiger partial charge in [-0.2, -0.15) is 10.4 Å². The molecule has 0 saturated carbocycles. The van der Waals surface area contributed by atoms with Crippen LogP contribution in [0.2, 0.25) is 0 Å². The Kier molecular flexibility index (Phi) is 4.16. The first-order valence-electron chi connectivity index (χ1n) is 7.05. The highest BCUT2D eigenvalue weighted by Gasteiger charge is 2.14. The highest BCUT2D eigenvalue weighted by atomic mass is 16.6. The third-order valence-corrected chi connectivity index (χ3v) is 3.39. The molecule has 0 unspecified atom stereocenters. The maximum atomic E-state index is 10.9. The Morgan fingerprint density at radius 2 is 2.17 bits per heavy atom. The summed E-state index contributed by atoms with van der Waals surface area (Å²) >= 11 is 0. The van der Waals surface area contributed by atoms with E-state index in [0.29, 0.717) is 18.1 Å². The fourth-order valence-electron chi connectivity index (χ4n) is 2.26. The maximum Gasteiger partial charge on any atom is 0.287 e. The number of hydrogen-bond acceptors (Lipinski definition) is 6. The average molecular weight is 320 g/mol. The molecule has 118 valence electrons. The minimum absolute atomic E-state index is 0.0171. The van der Waals surface area contributed by atoms with Gasteiger partial charge in [-0.25, -0.2) is 9.67 Å². The Morgan fingerprint density at radius 1 is 1.29 bits per heavy atom. The molecule has 0 radical (unpaired) electrons. The molecule has 0 atom stereocenters. The van der Waals surface area contributed by atoms with Crippen LogP contribution in [0, 0.1) is 21.4 Å². The van der Waals surface area contributed by atoms with Gasteiger partial charge in [0.15, 0.2) is 5.82 Å². The number of nitriles is 1. The van der Waals surface area contributed by atoms with Crippen molar-refractivity contribution < 1.29 is 4.92 Å². The number of anilines is 1. The zero-order valence-corrected chi connectivity index (χ0v) is 12.5. The largest absolute Gasteiger partial charge is 0.381 e. The lowest BCUT2D eigenvalue weighted by atomic mass is 10.1. The van der Waals surface area contributed by atoms with Crippen molar-refractivity contribution >= 4 is 11.4 Å². The van der Waals surface area contributed by atoms with Gasteiger partial charge in [0.1, 0.15) is 11.6 Å². The van der Waals surface area contributed by atoms with Gasteiger partial charge in [0.25, 0.3) is 5.69 Å². The van der Waals surface area contributed by atoms with Crippen molar-refractivity contribution in [2.75, 3.05) is 5.32 Å². The first-order valence-corrected chi connectivity index (χ1v) is 7.05. The van der Waals surface area contributed by atoms with E-state index in [9.17, 15) is 10.1 Å². The number of nitrogens with zero attached hydrogens (tertiary/aromatic N) is 5. The second kappa shape index (κ2) is 6.58. The fraction of sp³-hybridized carbons (Fsp3) is 0.0625. The molecular formula is C16H12N6O2. The summed E-state index contributed by atoms with van der Waals surface area (Å²) in [7, 11) is 0. The standard InChI is InChI=1S/C16H12N6O2/c17-10-13-9-14(4-5-15(13)22(23)24)19-11-12-3-1-6-18-16(12)21-8-2-7-20-21/h1-9,19H,11H2. The van der Waals surface area contributed by atoms with Crippen molar-refractivity contribution in [1.82, 2.24) is 14.8 Å². The molecule has 0 bridgehead atoms. The summed E-state index contributed by atoms with van der Waals surface area (Å²) in [4.78, 5) is 14.6. The molecule has 2 heterocycles. The number of pyridine rings is 1. The van der Waals surface area contributed by atoms with E-state index in [4.69, 9.17) is 5.26 Å². The smallest absolute Gasteiger partial charge is 0.287 e. The molecule has 0 saturated heterocycles. The molecular weight excluding hydrogens is 308 g/mol. The number of nitro benzene ring substituents is 1. The van der Waals surface area contributed by atoms with E-state index in [0.717, 1.165) is 5.56 Å². The number of benzene rings is 1. The topological polar surface area (TPSA) is 110 Å². The van der Waals surface area contributed by atoms with E-state index < -0.39 is 4.92 Å². The Bertz CT molecular complexity index is 915. The molecule has 8 heteroatoms. The number of aromatic nitrogens is 3. The summed E-state index contributed by atoms with van der Waals surface area (Å²) in [6.45, 7) is 0.436. The predicted octanol–water partition coefficient (Wildman–Crippen LogP) is 2.66. The van der Waals surface area contributed by atoms with Gasteiger partial charge in [-0.1, -0.05) is 6.07 Å². The lowest BCUT2D eigenvalue weighted by molar-refractivity contribution is -0.385. The lowest BCUT2D eigenvalue weighted by Crippen LogP contribution is -2.07. The van der Waals surface area contributed by atoms with Crippen LogP contribution in [0.1, 0.15) is 11.1 Å². The lowest BCUT2D eigenvalue weighted by Gasteiger charge is -2.10. The van der Waals surface area contributed by atoms with E-state index >= 15 is 0 Å². The van der Waals surface area contributed by atoms with Crippen molar-refractivity contribution in [3.05, 3.63) is 76.2 Å². The first kappa shape index (κ1) is 15.2. The van der Waals surface area contributed by atoms with E-state index in [1.54, 1.807) is 35.4 Å². The van der Waals surface area contributed by atoms with Gasteiger partial charge in [-0.15, -0.1) is 0 Å². The van der Waals surface area contributed by atoms with Gasteiger partial charge < -0.3 is 5.32 Å². The van der Waals surface area contributed by atoms with Crippen molar-refractivity contribution in [3.8, 4) is 11.9 Å². The minimum atomic E-state index is -0.570. The molecule has 1 aromatic carbocycles. The second-order valence-corrected chi connectivity index (χ2v) is 4.89. The number of rotatable bonds is 5. The predicted molar refractivity (Wildman–Crippen MR) is 86.5 cm³/mol. The SMILES string of the molecule is N#Cc1cc(NCc2cccnc2-n2cccn2)ccc1[N+](=O)[O-]. The molecule has 1 N–H and O–H groups in total. The maximum absolute atomic E-state index is 10.9. The number of nitro groups is 1. The van der Waals surface area contributed by atoms with Crippen LogP contribution in [0.4, 0.5) is 11.4 Å². The molecule has 0 amide bonds. The average Bonchev–Trinajstić information content (AvgIpc) is 3.14. The number of nitrogens with one attached hydrogen (secondary N) is 1. The first-order chi connectivity index (χ1) is 11.7. The Balaban J connectivity index is 1.83. The van der Waals surface area contributed by atoms with Crippen LogP contribution in [0.5, 0.6) is 0 Å². The van der Waals surface area contributed by atoms with Gasteiger partial charge in [0.2, 0.25) is 0 Å². The highest BCUT2D eigenvalue weighted by Crippen LogP contribution is 2.22. The monoisotopic (exact) mass is 320 g/mol. The van der Waals surface area contributed by atoms with Gasteiger partial charge in [-0.3, -0.25) is 10.1 Å². The third-order valence-electron chi connectivity index (χ3n) is 3.39. The zero-order chi connectivity index (χ0) is 16.9. The van der Waals surface area contributed by atoms with Gasteiger partial charge in [-0.05, 0) is 24.3 Å². The summed E-state index contributed by atoms with van der Waals surface area (Å²) in [6.07, 6.45) is 5.15.